The first-order chi connectivity index (χ1) is 9.29. The van der Waals surface area contributed by atoms with Gasteiger partial charge in [-0.25, -0.2) is 0 Å². The van der Waals surface area contributed by atoms with Gasteiger partial charge in [0, 0.05) is 13.9 Å². The zero-order valence-electron chi connectivity index (χ0n) is 13.6. The predicted octanol–water partition coefficient (Wildman–Crippen LogP) is 0.471. The van der Waals surface area contributed by atoms with Crippen molar-refractivity contribution in [3.05, 3.63) is 13.8 Å². The second kappa shape index (κ2) is 9.07. The molecule has 1 heterocycles. The number of carbonyl (C=O) groups is 2. The molecule has 1 rings (SSSR count). The standard InChI is InChI=1S/C14H25N3O2.U/c1-6-12-8-7-9-17(12)14(19)10(2)15-13(18)11(3)16(4)5;/h10-12H,1-2,6-9H2,3-5H3,(H,15,18);/q-2;+2/t10-,11-,12-;/m0./s1/i9T;/t9?,10-,11-,12-;. The van der Waals surface area contributed by atoms with Crippen molar-refractivity contribution in [3.63, 3.8) is 0 Å². The molecular weight excluding hydrogens is 480 g/mol. The molecule has 2 amide bonds. The molecule has 0 bridgehead atoms. The topological polar surface area (TPSA) is 52.7 Å². The maximum atomic E-state index is 12.3. The van der Waals surface area contributed by atoms with Crippen molar-refractivity contribution in [3.8, 4) is 0 Å². The first-order valence-corrected chi connectivity index (χ1v) is 6.63. The van der Waals surface area contributed by atoms with E-state index in [1.165, 1.54) is 4.90 Å². The molecule has 1 unspecified atom stereocenters. The van der Waals surface area contributed by atoms with E-state index >= 15 is 0 Å². The van der Waals surface area contributed by atoms with Crippen LogP contribution in [-0.4, -0.2) is 60.4 Å². The summed E-state index contributed by atoms with van der Waals surface area (Å²) in [6.07, 6.45) is 2.02. The van der Waals surface area contributed by atoms with E-state index < -0.39 is 12.6 Å². The first kappa shape index (κ1) is 18.0. The van der Waals surface area contributed by atoms with Gasteiger partial charge >= 0.3 is 31.1 Å². The molecular formula is C14H25N3O2U. The van der Waals surface area contributed by atoms with E-state index in [4.69, 9.17) is 1.37 Å². The number of hydrogen-bond acceptors (Lipinski definition) is 3. The third-order valence-corrected chi connectivity index (χ3v) is 3.58. The summed E-state index contributed by atoms with van der Waals surface area (Å²) in [5.41, 5.74) is 0. The maximum Gasteiger partial charge on any atom is 2.00 e. The normalized spacial score (nSPS) is 25.7. The second-order valence-electron chi connectivity index (χ2n) is 5.15. The molecule has 0 spiro atoms. The average molecular weight is 507 g/mol. The number of likely N-dealkylation sites (tertiary alicyclic amines) is 1. The van der Waals surface area contributed by atoms with Crippen LogP contribution >= 0.6 is 0 Å². The second-order valence-corrected chi connectivity index (χ2v) is 5.15. The first-order valence-electron chi connectivity index (χ1n) is 7.20. The fraction of sp³-hybridized carbons (Fsp3) is 0.714. The van der Waals surface area contributed by atoms with E-state index in [0.717, 1.165) is 6.42 Å². The Hall–Kier alpha value is -0.0481. The molecule has 1 aliphatic heterocycles. The van der Waals surface area contributed by atoms with E-state index in [2.05, 4.69) is 19.2 Å². The molecule has 5 nitrogen and oxygen atoms in total. The van der Waals surface area contributed by atoms with Crippen LogP contribution in [0.2, 0.25) is 0 Å². The van der Waals surface area contributed by atoms with Crippen LogP contribution < -0.4 is 5.32 Å². The zero-order valence-corrected chi connectivity index (χ0v) is 16.7. The van der Waals surface area contributed by atoms with Crippen molar-refractivity contribution in [1.29, 1.82) is 0 Å². The van der Waals surface area contributed by atoms with Crippen LogP contribution in [0, 0.1) is 45.0 Å². The van der Waals surface area contributed by atoms with Gasteiger partial charge in [0.2, 0.25) is 11.8 Å². The Bertz CT molecular complexity index is 368. The molecule has 0 aromatic heterocycles. The van der Waals surface area contributed by atoms with Crippen LogP contribution in [0.5, 0.6) is 0 Å². The molecule has 0 saturated carbocycles. The van der Waals surface area contributed by atoms with Gasteiger partial charge in [-0.1, -0.05) is 0 Å². The monoisotopic (exact) mass is 507 g/mol. The minimum Gasteiger partial charge on any atom is -0.373 e. The van der Waals surface area contributed by atoms with Gasteiger partial charge in [0.25, 0.3) is 0 Å². The molecule has 0 radical (unpaired) electrons. The van der Waals surface area contributed by atoms with Crippen LogP contribution in [0.15, 0.2) is 0 Å². The molecule has 1 fully saturated rings. The number of hydrogen-bond donors (Lipinski definition) is 1. The van der Waals surface area contributed by atoms with E-state index in [9.17, 15) is 9.59 Å². The van der Waals surface area contributed by atoms with Gasteiger partial charge in [0.1, 0.15) is 0 Å². The Balaban J connectivity index is 0.00000400. The summed E-state index contributed by atoms with van der Waals surface area (Å²) in [5, 5.41) is 2.62. The third kappa shape index (κ3) is 5.05. The number of rotatable bonds is 5. The van der Waals surface area contributed by atoms with Crippen molar-refractivity contribution < 1.29 is 42.1 Å². The van der Waals surface area contributed by atoms with Gasteiger partial charge in [0.05, 0.1) is 6.04 Å². The summed E-state index contributed by atoms with van der Waals surface area (Å²) < 4.78 is 7.91. The van der Waals surface area contributed by atoms with Crippen molar-refractivity contribution in [1.82, 2.24) is 15.1 Å². The minimum atomic E-state index is -0.857. The molecule has 0 aromatic rings. The van der Waals surface area contributed by atoms with Crippen molar-refractivity contribution >= 4 is 11.8 Å². The van der Waals surface area contributed by atoms with Gasteiger partial charge in [0.15, 0.2) is 0 Å². The van der Waals surface area contributed by atoms with Crippen LogP contribution in [-0.2, 0) is 9.59 Å². The summed E-state index contributed by atoms with van der Waals surface area (Å²) >= 11 is 0. The van der Waals surface area contributed by atoms with E-state index in [1.807, 2.05) is 0 Å². The third-order valence-electron chi connectivity index (χ3n) is 3.58. The minimum absolute atomic E-state index is 0. The SMILES string of the molecule is [3H]C1CC[C@H](C[CH2-])N1C(=O)[C@H]([CH2-])NC(=O)[C@H](C)N(C)C.[U+2]. The van der Waals surface area contributed by atoms with E-state index in [-0.39, 0.29) is 55.0 Å². The smallest absolute Gasteiger partial charge is 0.373 e. The van der Waals surface area contributed by atoms with Crippen molar-refractivity contribution in [2.75, 3.05) is 20.6 Å². The van der Waals surface area contributed by atoms with Gasteiger partial charge in [-0.2, -0.15) is 6.42 Å². The van der Waals surface area contributed by atoms with E-state index in [0.29, 0.717) is 12.8 Å². The number of nitrogens with zero attached hydrogens (tertiary/aromatic N) is 2. The summed E-state index contributed by atoms with van der Waals surface area (Å²) in [6, 6.07) is -1.21. The van der Waals surface area contributed by atoms with Gasteiger partial charge in [-0.3, -0.25) is 14.5 Å². The molecule has 20 heavy (non-hydrogen) atoms. The van der Waals surface area contributed by atoms with Crippen LogP contribution in [0.3, 0.4) is 0 Å². The van der Waals surface area contributed by atoms with Crippen molar-refractivity contribution in [2.45, 2.75) is 44.3 Å². The van der Waals surface area contributed by atoms with Crippen LogP contribution in [0.25, 0.3) is 0 Å². The Morgan fingerprint density at radius 3 is 2.65 bits per heavy atom. The molecule has 1 aliphatic rings. The average Bonchev–Trinajstić information content (AvgIpc) is 2.77. The Morgan fingerprint density at radius 1 is 1.55 bits per heavy atom. The summed E-state index contributed by atoms with van der Waals surface area (Å²) in [7, 11) is 3.59. The largest absolute Gasteiger partial charge is 2.00 e. The Labute approximate surface area is 147 Å². The Morgan fingerprint density at radius 2 is 2.15 bits per heavy atom. The number of carbonyl (C=O) groups excluding carboxylic acids is 2. The fourth-order valence-electron chi connectivity index (χ4n) is 2.02. The summed E-state index contributed by atoms with van der Waals surface area (Å²) in [4.78, 5) is 27.5. The van der Waals surface area contributed by atoms with Gasteiger partial charge in [-0.15, -0.1) is 0 Å². The summed E-state index contributed by atoms with van der Waals surface area (Å²) in [6.45, 7) is 8.74. The predicted molar refractivity (Wildman–Crippen MR) is 75.1 cm³/mol. The molecule has 4 atom stereocenters. The van der Waals surface area contributed by atoms with E-state index in [1.54, 1.807) is 25.9 Å². The maximum absolute atomic E-state index is 12.3. The van der Waals surface area contributed by atoms with Crippen molar-refractivity contribution in [2.24, 2.45) is 0 Å². The summed E-state index contributed by atoms with van der Waals surface area (Å²) in [5.74, 6) is -0.536. The van der Waals surface area contributed by atoms with Gasteiger partial charge < -0.3 is 24.1 Å². The number of nitrogens with one attached hydrogen (secondary N) is 1. The quantitative estimate of drug-likeness (QED) is 0.551. The number of amides is 2. The zero-order chi connectivity index (χ0) is 15.4. The molecule has 6 heteroatoms. The molecule has 0 aromatic carbocycles. The molecule has 0 aliphatic carbocycles. The van der Waals surface area contributed by atoms with Crippen LogP contribution in [0.1, 0.15) is 27.6 Å². The Kier molecular flexibility index (Phi) is 8.16. The fourth-order valence-corrected chi connectivity index (χ4v) is 2.02. The molecule has 1 N–H and O–H groups in total. The molecule has 112 valence electrons. The molecule has 1 saturated heterocycles. The number of likely N-dealkylation sites (N-methyl/N-ethyl adjacent to an activating group) is 1. The van der Waals surface area contributed by atoms with Crippen LogP contribution in [0.4, 0.5) is 0 Å². The van der Waals surface area contributed by atoms with Gasteiger partial charge in [-0.05, 0) is 39.9 Å².